The highest BCUT2D eigenvalue weighted by atomic mass is 16.5. The van der Waals surface area contributed by atoms with Crippen LogP contribution in [0.25, 0.3) is 0 Å². The van der Waals surface area contributed by atoms with Gasteiger partial charge in [0, 0.05) is 24.7 Å². The number of piperidine rings is 1. The van der Waals surface area contributed by atoms with Crippen LogP contribution in [0.5, 0.6) is 0 Å². The maximum Gasteiger partial charge on any atom is 0.310 e. The van der Waals surface area contributed by atoms with Crippen molar-refractivity contribution >= 4 is 11.9 Å². The van der Waals surface area contributed by atoms with Crippen LogP contribution in [0, 0.1) is 5.92 Å². The highest BCUT2D eigenvalue weighted by Gasteiger charge is 2.29. The molecule has 7 nitrogen and oxygen atoms in total. The van der Waals surface area contributed by atoms with Gasteiger partial charge in [-0.05, 0) is 38.7 Å². The van der Waals surface area contributed by atoms with Crippen molar-refractivity contribution in [3.05, 3.63) is 17.5 Å². The quantitative estimate of drug-likeness (QED) is 0.798. The summed E-state index contributed by atoms with van der Waals surface area (Å²) in [6.45, 7) is 3.42. The SMILES string of the molecule is CCOC(=O)[C@H]1CCCN(NC(=O)c2cc(C3CC3)[nH]n2)C1. The largest absolute Gasteiger partial charge is 0.466 e. The van der Waals surface area contributed by atoms with Crippen LogP contribution in [-0.4, -0.2) is 46.8 Å². The second-order valence-electron chi connectivity index (χ2n) is 5.96. The molecule has 0 unspecified atom stereocenters. The van der Waals surface area contributed by atoms with Gasteiger partial charge < -0.3 is 4.74 Å². The van der Waals surface area contributed by atoms with Gasteiger partial charge >= 0.3 is 5.97 Å². The molecule has 3 rings (SSSR count). The maximum absolute atomic E-state index is 12.2. The van der Waals surface area contributed by atoms with E-state index in [1.807, 2.05) is 6.07 Å². The van der Waals surface area contributed by atoms with Crippen LogP contribution >= 0.6 is 0 Å². The number of hydrogen-bond acceptors (Lipinski definition) is 5. The normalized spacial score (nSPS) is 22.3. The van der Waals surface area contributed by atoms with Crippen LogP contribution in [0.2, 0.25) is 0 Å². The summed E-state index contributed by atoms with van der Waals surface area (Å²) in [7, 11) is 0. The first-order chi connectivity index (χ1) is 10.7. The molecule has 0 bridgehead atoms. The third kappa shape index (κ3) is 3.47. The number of esters is 1. The summed E-state index contributed by atoms with van der Waals surface area (Å²) in [5.74, 6) is -0.0441. The van der Waals surface area contributed by atoms with E-state index in [-0.39, 0.29) is 17.8 Å². The Morgan fingerprint density at radius 3 is 3.00 bits per heavy atom. The molecule has 2 N–H and O–H groups in total. The number of rotatable bonds is 5. The molecule has 1 amide bonds. The molecule has 1 aromatic rings. The molecule has 120 valence electrons. The van der Waals surface area contributed by atoms with Gasteiger partial charge in [0.25, 0.3) is 5.91 Å². The summed E-state index contributed by atoms with van der Waals surface area (Å²) in [5.41, 5.74) is 4.28. The summed E-state index contributed by atoms with van der Waals surface area (Å²) in [4.78, 5) is 24.0. The Morgan fingerprint density at radius 1 is 1.45 bits per heavy atom. The smallest absolute Gasteiger partial charge is 0.310 e. The predicted molar refractivity (Wildman–Crippen MR) is 79.0 cm³/mol. The molecular formula is C15H22N4O3. The minimum absolute atomic E-state index is 0.171. The van der Waals surface area contributed by atoms with Gasteiger partial charge in [-0.3, -0.25) is 20.1 Å². The molecule has 2 heterocycles. The summed E-state index contributed by atoms with van der Waals surface area (Å²) >= 11 is 0. The molecule has 2 fully saturated rings. The number of hydrazine groups is 1. The maximum atomic E-state index is 12.2. The minimum Gasteiger partial charge on any atom is -0.466 e. The number of aromatic amines is 1. The van der Waals surface area contributed by atoms with E-state index in [0.717, 1.165) is 37.9 Å². The van der Waals surface area contributed by atoms with E-state index in [0.29, 0.717) is 24.8 Å². The predicted octanol–water partition coefficient (Wildman–Crippen LogP) is 1.21. The van der Waals surface area contributed by atoms with E-state index in [1.165, 1.54) is 0 Å². The van der Waals surface area contributed by atoms with Gasteiger partial charge in [0.2, 0.25) is 0 Å². The molecule has 22 heavy (non-hydrogen) atoms. The van der Waals surface area contributed by atoms with Crippen molar-refractivity contribution in [3.63, 3.8) is 0 Å². The zero-order valence-electron chi connectivity index (χ0n) is 12.8. The van der Waals surface area contributed by atoms with Gasteiger partial charge in [-0.25, -0.2) is 5.01 Å². The van der Waals surface area contributed by atoms with Crippen LogP contribution < -0.4 is 5.43 Å². The molecule has 1 saturated carbocycles. The number of hydrogen-bond donors (Lipinski definition) is 2. The minimum atomic E-state index is -0.229. The summed E-state index contributed by atoms with van der Waals surface area (Å²) in [5, 5.41) is 8.79. The van der Waals surface area contributed by atoms with Crippen molar-refractivity contribution in [3.8, 4) is 0 Å². The lowest BCUT2D eigenvalue weighted by Gasteiger charge is -2.31. The Hall–Kier alpha value is -1.89. The Labute approximate surface area is 129 Å². The van der Waals surface area contributed by atoms with Crippen LogP contribution in [0.4, 0.5) is 0 Å². The fraction of sp³-hybridized carbons (Fsp3) is 0.667. The van der Waals surface area contributed by atoms with Crippen molar-refractivity contribution in [2.45, 2.75) is 38.5 Å². The van der Waals surface area contributed by atoms with Gasteiger partial charge in [-0.15, -0.1) is 0 Å². The number of nitrogens with zero attached hydrogens (tertiary/aromatic N) is 2. The van der Waals surface area contributed by atoms with Crippen molar-refractivity contribution < 1.29 is 14.3 Å². The van der Waals surface area contributed by atoms with Crippen LogP contribution in [-0.2, 0) is 9.53 Å². The number of nitrogens with one attached hydrogen (secondary N) is 2. The Kier molecular flexibility index (Phi) is 4.42. The number of ether oxygens (including phenoxy) is 1. The Balaban J connectivity index is 1.54. The molecule has 1 saturated heterocycles. The van der Waals surface area contributed by atoms with E-state index < -0.39 is 0 Å². The molecule has 1 aliphatic carbocycles. The standard InChI is InChI=1S/C15H22N4O3/c1-2-22-15(21)11-4-3-7-19(9-11)18-14(20)13-8-12(16-17-13)10-5-6-10/h8,10-11H,2-7,9H2,1H3,(H,16,17)(H,18,20)/t11-/m0/s1. The van der Waals surface area contributed by atoms with E-state index in [4.69, 9.17) is 4.74 Å². The third-order valence-electron chi connectivity index (χ3n) is 4.15. The zero-order chi connectivity index (χ0) is 15.5. The number of amides is 1. The molecule has 1 aromatic heterocycles. The van der Waals surface area contributed by atoms with Crippen LogP contribution in [0.15, 0.2) is 6.07 Å². The zero-order valence-corrected chi connectivity index (χ0v) is 12.8. The fourth-order valence-electron chi connectivity index (χ4n) is 2.79. The molecule has 1 aliphatic heterocycles. The number of aromatic nitrogens is 2. The van der Waals surface area contributed by atoms with Gasteiger partial charge in [0.05, 0.1) is 12.5 Å². The first-order valence-corrected chi connectivity index (χ1v) is 7.95. The summed E-state index contributed by atoms with van der Waals surface area (Å²) < 4.78 is 5.06. The highest BCUT2D eigenvalue weighted by Crippen LogP contribution is 2.38. The van der Waals surface area contributed by atoms with E-state index in [2.05, 4.69) is 15.6 Å². The van der Waals surface area contributed by atoms with E-state index in [9.17, 15) is 9.59 Å². The summed E-state index contributed by atoms with van der Waals surface area (Å²) in [6, 6.07) is 1.82. The molecule has 0 radical (unpaired) electrons. The lowest BCUT2D eigenvalue weighted by atomic mass is 9.99. The van der Waals surface area contributed by atoms with Gasteiger partial charge in [-0.2, -0.15) is 5.10 Å². The number of carbonyl (C=O) groups is 2. The van der Waals surface area contributed by atoms with Crippen LogP contribution in [0.3, 0.4) is 0 Å². The van der Waals surface area contributed by atoms with Gasteiger partial charge in [-0.1, -0.05) is 0 Å². The second kappa shape index (κ2) is 6.48. The third-order valence-corrected chi connectivity index (χ3v) is 4.15. The topological polar surface area (TPSA) is 87.3 Å². The molecule has 2 aliphatic rings. The molecular weight excluding hydrogens is 284 g/mol. The molecule has 0 spiro atoms. The number of H-pyrrole nitrogens is 1. The monoisotopic (exact) mass is 306 g/mol. The van der Waals surface area contributed by atoms with E-state index >= 15 is 0 Å². The lowest BCUT2D eigenvalue weighted by molar-refractivity contribution is -0.150. The highest BCUT2D eigenvalue weighted by molar-refractivity contribution is 5.92. The van der Waals surface area contributed by atoms with E-state index in [1.54, 1.807) is 11.9 Å². The van der Waals surface area contributed by atoms with Crippen LogP contribution in [0.1, 0.15) is 54.7 Å². The van der Waals surface area contributed by atoms with Gasteiger partial charge in [0.1, 0.15) is 0 Å². The van der Waals surface area contributed by atoms with Crippen molar-refractivity contribution in [2.24, 2.45) is 5.92 Å². The first kappa shape index (κ1) is 15.0. The molecule has 7 heteroatoms. The summed E-state index contributed by atoms with van der Waals surface area (Å²) in [6.07, 6.45) is 3.99. The molecule has 1 atom stereocenters. The molecule has 0 aromatic carbocycles. The lowest BCUT2D eigenvalue weighted by Crippen LogP contribution is -2.49. The van der Waals surface area contributed by atoms with Gasteiger partial charge in [0.15, 0.2) is 5.69 Å². The van der Waals surface area contributed by atoms with Crippen molar-refractivity contribution in [2.75, 3.05) is 19.7 Å². The Morgan fingerprint density at radius 2 is 2.27 bits per heavy atom. The average Bonchev–Trinajstić information content (AvgIpc) is 3.25. The Bertz CT molecular complexity index is 553. The average molecular weight is 306 g/mol. The first-order valence-electron chi connectivity index (χ1n) is 7.95. The second-order valence-corrected chi connectivity index (χ2v) is 5.96. The van der Waals surface area contributed by atoms with Crippen molar-refractivity contribution in [1.82, 2.24) is 20.6 Å². The van der Waals surface area contributed by atoms with Crippen molar-refractivity contribution in [1.29, 1.82) is 0 Å². The fourth-order valence-corrected chi connectivity index (χ4v) is 2.79. The number of carbonyl (C=O) groups excluding carboxylic acids is 2.